The Kier molecular flexibility index (Phi) is 5.16. The maximum Gasteiger partial charge on any atom is 0.407 e. The van der Waals surface area contributed by atoms with E-state index in [0.29, 0.717) is 0 Å². The summed E-state index contributed by atoms with van der Waals surface area (Å²) >= 11 is 0. The van der Waals surface area contributed by atoms with E-state index in [9.17, 15) is 9.59 Å². The molecule has 0 radical (unpaired) electrons. The molecule has 4 nitrogen and oxygen atoms in total. The van der Waals surface area contributed by atoms with E-state index >= 15 is 0 Å². The van der Waals surface area contributed by atoms with Crippen LogP contribution >= 0.6 is 0 Å². The molecule has 1 aliphatic carbocycles. The first-order chi connectivity index (χ1) is 9.66. The Bertz CT molecular complexity index is 458. The lowest BCUT2D eigenvalue weighted by molar-refractivity contribution is -0.122. The SMILES string of the molecule is CC(=O)[C@@H]1CCCC[C@@H]1NC(=O)OCc1ccccc1. The van der Waals surface area contributed by atoms with Crippen LogP contribution in [0.2, 0.25) is 0 Å². The van der Waals surface area contributed by atoms with Crippen LogP contribution in [-0.4, -0.2) is 17.9 Å². The summed E-state index contributed by atoms with van der Waals surface area (Å²) in [5.74, 6) is 0.0890. The van der Waals surface area contributed by atoms with Crippen LogP contribution in [0.5, 0.6) is 0 Å². The molecule has 1 fully saturated rings. The van der Waals surface area contributed by atoms with Crippen LogP contribution in [0.3, 0.4) is 0 Å². The predicted octanol–water partition coefficient (Wildman–Crippen LogP) is 3.06. The van der Waals surface area contributed by atoms with Gasteiger partial charge in [-0.1, -0.05) is 43.2 Å². The normalized spacial score (nSPS) is 22.1. The van der Waals surface area contributed by atoms with E-state index in [0.717, 1.165) is 31.2 Å². The molecule has 0 aliphatic heterocycles. The molecule has 0 aromatic heterocycles. The van der Waals surface area contributed by atoms with Crippen LogP contribution in [0.25, 0.3) is 0 Å². The van der Waals surface area contributed by atoms with Gasteiger partial charge in [-0.05, 0) is 25.3 Å². The Morgan fingerprint density at radius 1 is 1.20 bits per heavy atom. The lowest BCUT2D eigenvalue weighted by atomic mass is 9.82. The van der Waals surface area contributed by atoms with Gasteiger partial charge in [-0.15, -0.1) is 0 Å². The molecule has 20 heavy (non-hydrogen) atoms. The minimum Gasteiger partial charge on any atom is -0.445 e. The number of Topliss-reactive ketones (excluding diaryl/α,β-unsaturated/α-hetero) is 1. The Hall–Kier alpha value is -1.84. The Morgan fingerprint density at radius 3 is 2.60 bits per heavy atom. The minimum atomic E-state index is -0.438. The highest BCUT2D eigenvalue weighted by atomic mass is 16.5. The molecule has 0 spiro atoms. The lowest BCUT2D eigenvalue weighted by Crippen LogP contribution is -2.44. The van der Waals surface area contributed by atoms with Crippen molar-refractivity contribution in [1.29, 1.82) is 0 Å². The van der Waals surface area contributed by atoms with E-state index in [-0.39, 0.29) is 24.3 Å². The van der Waals surface area contributed by atoms with Crippen molar-refractivity contribution in [3.63, 3.8) is 0 Å². The van der Waals surface area contributed by atoms with Gasteiger partial charge in [-0.25, -0.2) is 4.79 Å². The number of nitrogens with one attached hydrogen (secondary N) is 1. The van der Waals surface area contributed by atoms with Gasteiger partial charge in [0.15, 0.2) is 0 Å². The number of ketones is 1. The van der Waals surface area contributed by atoms with Crippen molar-refractivity contribution in [2.45, 2.75) is 45.3 Å². The van der Waals surface area contributed by atoms with Gasteiger partial charge in [0.05, 0.1) is 0 Å². The summed E-state index contributed by atoms with van der Waals surface area (Å²) < 4.78 is 5.20. The largest absolute Gasteiger partial charge is 0.445 e. The second-order valence-electron chi connectivity index (χ2n) is 5.31. The van der Waals surface area contributed by atoms with E-state index in [2.05, 4.69) is 5.32 Å². The number of alkyl carbamates (subject to hydrolysis) is 1. The lowest BCUT2D eigenvalue weighted by Gasteiger charge is -2.30. The molecule has 1 saturated carbocycles. The average Bonchev–Trinajstić information content (AvgIpc) is 2.46. The Morgan fingerprint density at radius 2 is 1.90 bits per heavy atom. The van der Waals surface area contributed by atoms with Crippen LogP contribution in [0, 0.1) is 5.92 Å². The van der Waals surface area contributed by atoms with Gasteiger partial charge in [0, 0.05) is 12.0 Å². The van der Waals surface area contributed by atoms with Crippen LogP contribution in [0.1, 0.15) is 38.2 Å². The maximum absolute atomic E-state index is 11.8. The number of benzene rings is 1. The van der Waals surface area contributed by atoms with Crippen molar-refractivity contribution in [2.75, 3.05) is 0 Å². The molecule has 1 aliphatic rings. The number of carbonyl (C=O) groups excluding carboxylic acids is 2. The summed E-state index contributed by atoms with van der Waals surface area (Å²) in [6, 6.07) is 9.47. The molecule has 1 amide bonds. The molecule has 4 heteroatoms. The van der Waals surface area contributed by atoms with Gasteiger partial charge in [-0.2, -0.15) is 0 Å². The molecule has 1 aromatic carbocycles. The van der Waals surface area contributed by atoms with E-state index in [1.54, 1.807) is 6.92 Å². The summed E-state index contributed by atoms with van der Waals surface area (Å²) in [7, 11) is 0. The summed E-state index contributed by atoms with van der Waals surface area (Å²) in [6.07, 6.45) is 3.38. The number of hydrogen-bond acceptors (Lipinski definition) is 3. The smallest absolute Gasteiger partial charge is 0.407 e. The van der Waals surface area contributed by atoms with E-state index in [1.165, 1.54) is 0 Å². The second-order valence-corrected chi connectivity index (χ2v) is 5.31. The fourth-order valence-electron chi connectivity index (χ4n) is 2.71. The number of rotatable bonds is 4. The first-order valence-electron chi connectivity index (χ1n) is 7.14. The summed E-state index contributed by atoms with van der Waals surface area (Å²) in [4.78, 5) is 23.4. The van der Waals surface area contributed by atoms with Crippen molar-refractivity contribution in [3.8, 4) is 0 Å². The number of carbonyl (C=O) groups is 2. The minimum absolute atomic E-state index is 0.0620. The fraction of sp³-hybridized carbons (Fsp3) is 0.500. The topological polar surface area (TPSA) is 55.4 Å². The number of hydrogen-bond donors (Lipinski definition) is 1. The van der Waals surface area contributed by atoms with Crippen LogP contribution in [0.15, 0.2) is 30.3 Å². The average molecular weight is 275 g/mol. The molecule has 108 valence electrons. The second kappa shape index (κ2) is 7.08. The molecule has 0 bridgehead atoms. The van der Waals surface area contributed by atoms with Crippen molar-refractivity contribution in [2.24, 2.45) is 5.92 Å². The molecule has 0 heterocycles. The van der Waals surface area contributed by atoms with Crippen LogP contribution < -0.4 is 5.32 Å². The van der Waals surface area contributed by atoms with E-state index in [1.807, 2.05) is 30.3 Å². The molecule has 1 aromatic rings. The Balaban J connectivity index is 1.82. The molecule has 2 rings (SSSR count). The molecule has 2 atom stereocenters. The molecule has 0 saturated heterocycles. The van der Waals surface area contributed by atoms with Gasteiger partial charge >= 0.3 is 6.09 Å². The van der Waals surface area contributed by atoms with Crippen molar-refractivity contribution >= 4 is 11.9 Å². The van der Waals surface area contributed by atoms with Gasteiger partial charge in [0.25, 0.3) is 0 Å². The summed E-state index contributed by atoms with van der Waals surface area (Å²) in [5.41, 5.74) is 0.953. The number of amides is 1. The van der Waals surface area contributed by atoms with Crippen molar-refractivity contribution in [3.05, 3.63) is 35.9 Å². The maximum atomic E-state index is 11.8. The van der Waals surface area contributed by atoms with Crippen LogP contribution in [-0.2, 0) is 16.1 Å². The van der Waals surface area contributed by atoms with Crippen LogP contribution in [0.4, 0.5) is 4.79 Å². The number of ether oxygens (including phenoxy) is 1. The third-order valence-corrected chi connectivity index (χ3v) is 3.80. The summed E-state index contributed by atoms with van der Waals surface area (Å²) in [6.45, 7) is 1.85. The first kappa shape index (κ1) is 14.6. The Labute approximate surface area is 119 Å². The highest BCUT2D eigenvalue weighted by molar-refractivity contribution is 5.80. The molecule has 0 unspecified atom stereocenters. The zero-order chi connectivity index (χ0) is 14.4. The molecular formula is C16H21NO3. The van der Waals surface area contributed by atoms with E-state index in [4.69, 9.17) is 4.74 Å². The third kappa shape index (κ3) is 4.08. The first-order valence-corrected chi connectivity index (χ1v) is 7.14. The quantitative estimate of drug-likeness (QED) is 0.918. The van der Waals surface area contributed by atoms with Crippen molar-refractivity contribution < 1.29 is 14.3 Å². The van der Waals surface area contributed by atoms with Gasteiger partial charge in [-0.3, -0.25) is 4.79 Å². The molecule has 1 N–H and O–H groups in total. The zero-order valence-corrected chi connectivity index (χ0v) is 11.8. The van der Waals surface area contributed by atoms with Gasteiger partial charge < -0.3 is 10.1 Å². The third-order valence-electron chi connectivity index (χ3n) is 3.80. The summed E-state index contributed by atoms with van der Waals surface area (Å²) in [5, 5.41) is 2.84. The van der Waals surface area contributed by atoms with Gasteiger partial charge in [0.1, 0.15) is 12.4 Å². The van der Waals surface area contributed by atoms with Crippen molar-refractivity contribution in [1.82, 2.24) is 5.32 Å². The highest BCUT2D eigenvalue weighted by Gasteiger charge is 2.29. The fourth-order valence-corrected chi connectivity index (χ4v) is 2.71. The van der Waals surface area contributed by atoms with E-state index < -0.39 is 6.09 Å². The predicted molar refractivity (Wildman–Crippen MR) is 76.2 cm³/mol. The monoisotopic (exact) mass is 275 g/mol. The standard InChI is InChI=1S/C16H21NO3/c1-12(18)14-9-5-6-10-15(14)17-16(19)20-11-13-7-3-2-4-8-13/h2-4,7-8,14-15H,5-6,9-11H2,1H3,(H,17,19)/t14-,15-/m0/s1. The van der Waals surface area contributed by atoms with Gasteiger partial charge in [0.2, 0.25) is 0 Å². The highest BCUT2D eigenvalue weighted by Crippen LogP contribution is 2.25. The zero-order valence-electron chi connectivity index (χ0n) is 11.8. The molecular weight excluding hydrogens is 254 g/mol.